The van der Waals surface area contributed by atoms with Crippen LogP contribution in [-0.2, 0) is 9.53 Å². The fourth-order valence-electron chi connectivity index (χ4n) is 1.76. The molecule has 0 N–H and O–H groups in total. The normalized spacial score (nSPS) is 14.6. The van der Waals surface area contributed by atoms with Gasteiger partial charge in [-0.1, -0.05) is 27.7 Å². The number of unbranched alkanes of at least 4 members (excludes halogenated alkanes) is 1. The van der Waals surface area contributed by atoms with Gasteiger partial charge in [0.15, 0.2) is 0 Å². The number of carbonyl (C=O) groups excluding carboxylic acids is 1. The van der Waals surface area contributed by atoms with Crippen LogP contribution in [0.5, 0.6) is 0 Å². The number of thioether (sulfide) groups is 1. The van der Waals surface area contributed by atoms with Crippen LogP contribution in [0, 0.1) is 11.8 Å². The number of hydrogen-bond donors (Lipinski definition) is 0. The van der Waals surface area contributed by atoms with Crippen molar-refractivity contribution < 1.29 is 13.9 Å². The van der Waals surface area contributed by atoms with Crippen molar-refractivity contribution in [1.29, 1.82) is 0 Å². The van der Waals surface area contributed by atoms with Crippen molar-refractivity contribution in [2.75, 3.05) is 12.4 Å². The second-order valence-corrected chi connectivity index (χ2v) is 7.60. The molecule has 0 saturated carbocycles. The van der Waals surface area contributed by atoms with Gasteiger partial charge in [-0.15, -0.1) is 11.8 Å². The Kier molecular flexibility index (Phi) is 11.3. The van der Waals surface area contributed by atoms with Crippen molar-refractivity contribution in [2.45, 2.75) is 71.7 Å². The van der Waals surface area contributed by atoms with Gasteiger partial charge < -0.3 is 4.74 Å². The minimum Gasteiger partial charge on any atom is -0.465 e. The maximum atomic E-state index is 12.7. The Bertz CT molecular complexity index is 255. The summed E-state index contributed by atoms with van der Waals surface area (Å²) in [6, 6.07) is 0. The largest absolute Gasteiger partial charge is 0.465 e. The third-order valence-electron chi connectivity index (χ3n) is 2.82. The van der Waals surface area contributed by atoms with E-state index in [1.165, 1.54) is 0 Å². The Morgan fingerprint density at radius 2 is 1.75 bits per heavy atom. The predicted molar refractivity (Wildman–Crippen MR) is 85.9 cm³/mol. The van der Waals surface area contributed by atoms with E-state index in [1.807, 2.05) is 13.8 Å². The van der Waals surface area contributed by atoms with Crippen LogP contribution in [0.3, 0.4) is 0 Å². The third kappa shape index (κ3) is 11.6. The van der Waals surface area contributed by atoms with Crippen LogP contribution >= 0.6 is 11.8 Å². The van der Waals surface area contributed by atoms with Crippen molar-refractivity contribution in [3.63, 3.8) is 0 Å². The number of carbonyl (C=O) groups is 1. The molecule has 0 amide bonds. The Labute approximate surface area is 128 Å². The molecule has 2 nitrogen and oxygen atoms in total. The molecule has 2 atom stereocenters. The van der Waals surface area contributed by atoms with Crippen molar-refractivity contribution >= 4 is 17.7 Å². The summed E-state index contributed by atoms with van der Waals surface area (Å²) in [5.41, 5.74) is 0. The molecule has 0 rings (SSSR count). The van der Waals surface area contributed by atoms with Crippen molar-refractivity contribution in [2.24, 2.45) is 11.8 Å². The maximum absolute atomic E-state index is 12.7. The SMILES string of the molecule is CC(C)COC(=O)C(CC(C)C)SCCCCC(C)F. The van der Waals surface area contributed by atoms with Gasteiger partial charge in [0.1, 0.15) is 5.25 Å². The number of hydrogen-bond acceptors (Lipinski definition) is 3. The molecule has 0 heterocycles. The highest BCUT2D eigenvalue weighted by Crippen LogP contribution is 2.22. The highest BCUT2D eigenvalue weighted by atomic mass is 32.2. The summed E-state index contributed by atoms with van der Waals surface area (Å²) < 4.78 is 18.0. The van der Waals surface area contributed by atoms with Crippen molar-refractivity contribution in [3.8, 4) is 0 Å². The molecular formula is C16H31FO2S. The smallest absolute Gasteiger partial charge is 0.319 e. The highest BCUT2D eigenvalue weighted by Gasteiger charge is 2.21. The zero-order valence-corrected chi connectivity index (χ0v) is 14.5. The molecule has 0 aliphatic heterocycles. The Morgan fingerprint density at radius 3 is 2.25 bits per heavy atom. The van der Waals surface area contributed by atoms with Crippen LogP contribution in [-0.4, -0.2) is 29.8 Å². The molecule has 0 aromatic carbocycles. The molecule has 20 heavy (non-hydrogen) atoms. The van der Waals surface area contributed by atoms with Gasteiger partial charge in [0.2, 0.25) is 0 Å². The highest BCUT2D eigenvalue weighted by molar-refractivity contribution is 8.00. The van der Waals surface area contributed by atoms with Gasteiger partial charge in [0.25, 0.3) is 0 Å². The lowest BCUT2D eigenvalue weighted by Crippen LogP contribution is -2.24. The molecule has 120 valence electrons. The van der Waals surface area contributed by atoms with Crippen LogP contribution in [0.25, 0.3) is 0 Å². The maximum Gasteiger partial charge on any atom is 0.319 e. The fourth-order valence-corrected chi connectivity index (χ4v) is 3.14. The third-order valence-corrected chi connectivity index (χ3v) is 4.13. The first kappa shape index (κ1) is 19.8. The van der Waals surface area contributed by atoms with E-state index in [0.717, 1.165) is 25.0 Å². The van der Waals surface area contributed by atoms with Gasteiger partial charge in [0, 0.05) is 0 Å². The van der Waals surface area contributed by atoms with Crippen LogP contribution in [0.15, 0.2) is 0 Å². The molecule has 2 unspecified atom stereocenters. The first-order valence-corrected chi connectivity index (χ1v) is 8.80. The van der Waals surface area contributed by atoms with E-state index >= 15 is 0 Å². The Hall–Kier alpha value is -0.250. The summed E-state index contributed by atoms with van der Waals surface area (Å²) >= 11 is 1.66. The monoisotopic (exact) mass is 306 g/mol. The van der Waals surface area contributed by atoms with Crippen LogP contribution in [0.2, 0.25) is 0 Å². The lowest BCUT2D eigenvalue weighted by atomic mass is 10.1. The predicted octanol–water partition coefficient (Wildman–Crippen LogP) is 4.86. The van der Waals surface area contributed by atoms with Crippen molar-refractivity contribution in [3.05, 3.63) is 0 Å². The summed E-state index contributed by atoms with van der Waals surface area (Å²) in [5, 5.41) is -0.0726. The topological polar surface area (TPSA) is 26.3 Å². The van der Waals surface area contributed by atoms with Crippen LogP contribution in [0.1, 0.15) is 60.3 Å². The first-order valence-electron chi connectivity index (χ1n) is 7.75. The number of halogens is 1. The minimum absolute atomic E-state index is 0.0726. The zero-order valence-electron chi connectivity index (χ0n) is 13.7. The number of alkyl halides is 1. The molecular weight excluding hydrogens is 275 g/mol. The van der Waals surface area contributed by atoms with E-state index in [1.54, 1.807) is 18.7 Å². The van der Waals surface area contributed by atoms with Gasteiger partial charge in [-0.3, -0.25) is 4.79 Å². The van der Waals surface area contributed by atoms with Gasteiger partial charge >= 0.3 is 5.97 Å². The molecule has 0 aliphatic carbocycles. The summed E-state index contributed by atoms with van der Waals surface area (Å²) in [4.78, 5) is 12.1. The molecule has 0 aromatic heterocycles. The summed E-state index contributed by atoms with van der Waals surface area (Å²) in [6.07, 6.45) is 2.60. The first-order chi connectivity index (χ1) is 9.32. The van der Waals surface area contributed by atoms with Gasteiger partial charge in [-0.2, -0.15) is 0 Å². The molecule has 0 saturated heterocycles. The number of rotatable bonds is 11. The summed E-state index contributed by atoms with van der Waals surface area (Å²) in [5.74, 6) is 1.66. The second kappa shape index (κ2) is 11.4. The van der Waals surface area contributed by atoms with E-state index in [0.29, 0.717) is 24.9 Å². The number of esters is 1. The van der Waals surface area contributed by atoms with Gasteiger partial charge in [-0.25, -0.2) is 4.39 Å². The lowest BCUT2D eigenvalue weighted by molar-refractivity contribution is -0.144. The molecule has 0 aliphatic rings. The molecule has 0 bridgehead atoms. The fraction of sp³-hybridized carbons (Fsp3) is 0.938. The average molecular weight is 306 g/mol. The van der Waals surface area contributed by atoms with E-state index in [-0.39, 0.29) is 11.2 Å². The van der Waals surface area contributed by atoms with Crippen LogP contribution < -0.4 is 0 Å². The van der Waals surface area contributed by atoms with Crippen LogP contribution in [0.4, 0.5) is 4.39 Å². The van der Waals surface area contributed by atoms with E-state index < -0.39 is 6.17 Å². The minimum atomic E-state index is -0.720. The quantitative estimate of drug-likeness (QED) is 0.403. The standard InChI is InChI=1S/C16H31FO2S/c1-12(2)10-15(16(18)19-11-13(3)4)20-9-7-6-8-14(5)17/h12-15H,6-11H2,1-5H3. The Balaban J connectivity index is 4.04. The van der Waals surface area contributed by atoms with E-state index in [9.17, 15) is 9.18 Å². The van der Waals surface area contributed by atoms with E-state index in [4.69, 9.17) is 4.74 Å². The molecule has 0 aromatic rings. The number of ether oxygens (including phenoxy) is 1. The molecule has 0 spiro atoms. The summed E-state index contributed by atoms with van der Waals surface area (Å²) in [6.45, 7) is 10.4. The van der Waals surface area contributed by atoms with Crippen molar-refractivity contribution in [1.82, 2.24) is 0 Å². The Morgan fingerprint density at radius 1 is 1.10 bits per heavy atom. The van der Waals surface area contributed by atoms with Gasteiger partial charge in [-0.05, 0) is 50.2 Å². The molecule has 0 fully saturated rings. The zero-order chi connectivity index (χ0) is 15.5. The van der Waals surface area contributed by atoms with Gasteiger partial charge in [0.05, 0.1) is 12.8 Å². The molecule has 0 radical (unpaired) electrons. The second-order valence-electron chi connectivity index (χ2n) is 6.29. The lowest BCUT2D eigenvalue weighted by Gasteiger charge is -2.18. The molecule has 4 heteroatoms. The van der Waals surface area contributed by atoms with E-state index in [2.05, 4.69) is 13.8 Å². The summed E-state index contributed by atoms with van der Waals surface area (Å²) in [7, 11) is 0. The average Bonchev–Trinajstić information content (AvgIpc) is 2.33.